The van der Waals surface area contributed by atoms with Crippen molar-refractivity contribution in [2.45, 2.75) is 6.92 Å². The van der Waals surface area contributed by atoms with Gasteiger partial charge < -0.3 is 9.84 Å². The van der Waals surface area contributed by atoms with Crippen LogP contribution in [0.25, 0.3) is 0 Å². The minimum Gasteiger partial charge on any atom is -0.478 e. The number of ether oxygens (including phenoxy) is 1. The second-order valence-corrected chi connectivity index (χ2v) is 6.35. The van der Waals surface area contributed by atoms with E-state index in [0.717, 1.165) is 6.07 Å². The molecule has 0 amide bonds. The average Bonchev–Trinajstić information content (AvgIpc) is 2.31. The summed E-state index contributed by atoms with van der Waals surface area (Å²) in [5.74, 6) is -3.35. The molecule has 0 aliphatic carbocycles. The van der Waals surface area contributed by atoms with Crippen LogP contribution in [0, 0.1) is 0 Å². The number of carboxylic acid groups (broad SMARTS) is 1. The van der Waals surface area contributed by atoms with E-state index in [-0.39, 0.29) is 22.3 Å². The van der Waals surface area contributed by atoms with Gasteiger partial charge in [-0.3, -0.25) is 9.52 Å². The first-order chi connectivity index (χ1) is 9.66. The van der Waals surface area contributed by atoms with E-state index in [1.807, 2.05) is 4.72 Å². The van der Waals surface area contributed by atoms with Crippen molar-refractivity contribution >= 4 is 50.9 Å². The van der Waals surface area contributed by atoms with E-state index in [0.29, 0.717) is 0 Å². The van der Waals surface area contributed by atoms with Gasteiger partial charge in [0, 0.05) is 5.02 Å². The molecule has 1 aromatic rings. The number of halogens is 2. The van der Waals surface area contributed by atoms with E-state index < -0.39 is 33.3 Å². The molecule has 0 atom stereocenters. The highest BCUT2D eigenvalue weighted by atomic mass is 35.5. The molecule has 1 aromatic carbocycles. The molecule has 0 heterocycles. The van der Waals surface area contributed by atoms with Crippen molar-refractivity contribution in [3.8, 4) is 0 Å². The van der Waals surface area contributed by atoms with Gasteiger partial charge in [0.1, 0.15) is 0 Å². The largest absolute Gasteiger partial charge is 0.478 e. The van der Waals surface area contributed by atoms with Crippen LogP contribution in [-0.4, -0.2) is 37.8 Å². The molecule has 0 radical (unpaired) electrons. The minimum absolute atomic E-state index is 0.0242. The van der Waals surface area contributed by atoms with Crippen molar-refractivity contribution in [3.63, 3.8) is 0 Å². The highest BCUT2D eigenvalue weighted by molar-refractivity contribution is 7.93. The first-order valence-corrected chi connectivity index (χ1v) is 7.95. The van der Waals surface area contributed by atoms with E-state index in [2.05, 4.69) is 4.74 Å². The molecule has 0 bridgehead atoms. The summed E-state index contributed by atoms with van der Waals surface area (Å²) in [5, 5.41) is 8.87. The Hall–Kier alpha value is -1.51. The molecule has 2 N–H and O–H groups in total. The van der Waals surface area contributed by atoms with E-state index >= 15 is 0 Å². The molecule has 1 rings (SSSR count). The van der Waals surface area contributed by atoms with Crippen molar-refractivity contribution in [3.05, 3.63) is 27.7 Å². The fourth-order valence-electron chi connectivity index (χ4n) is 1.40. The zero-order valence-corrected chi connectivity index (χ0v) is 13.0. The summed E-state index contributed by atoms with van der Waals surface area (Å²) in [7, 11) is -4.16. The second kappa shape index (κ2) is 6.97. The Morgan fingerprint density at radius 3 is 2.48 bits per heavy atom. The molecule has 0 unspecified atom stereocenters. The zero-order valence-electron chi connectivity index (χ0n) is 10.7. The number of nitrogens with one attached hydrogen (secondary N) is 1. The normalized spacial score (nSPS) is 11.0. The van der Waals surface area contributed by atoms with Crippen LogP contribution in [0.3, 0.4) is 0 Å². The second-order valence-electron chi connectivity index (χ2n) is 3.78. The van der Waals surface area contributed by atoms with E-state index in [9.17, 15) is 18.0 Å². The fraction of sp³-hybridized carbons (Fsp3) is 0.273. The molecule has 116 valence electrons. The number of hydrogen-bond acceptors (Lipinski definition) is 5. The molecular formula is C11H11Cl2NO6S. The van der Waals surface area contributed by atoms with Gasteiger partial charge in [-0.05, 0) is 19.1 Å². The van der Waals surface area contributed by atoms with Gasteiger partial charge in [0.25, 0.3) is 0 Å². The molecule has 0 aromatic heterocycles. The molecule has 10 heteroatoms. The minimum atomic E-state index is -4.16. The average molecular weight is 356 g/mol. The quantitative estimate of drug-likeness (QED) is 0.755. The molecule has 0 aliphatic rings. The molecule has 0 fully saturated rings. The molecule has 0 spiro atoms. The Morgan fingerprint density at radius 1 is 1.33 bits per heavy atom. The number of anilines is 1. The maximum Gasteiger partial charge on any atom is 0.337 e. The third kappa shape index (κ3) is 5.07. The summed E-state index contributed by atoms with van der Waals surface area (Å²) in [4.78, 5) is 22.3. The van der Waals surface area contributed by atoms with Crippen LogP contribution in [0.1, 0.15) is 17.3 Å². The van der Waals surface area contributed by atoms with Crippen molar-refractivity contribution < 1.29 is 27.9 Å². The molecule has 0 saturated carbocycles. The van der Waals surface area contributed by atoms with Crippen LogP contribution in [0.5, 0.6) is 0 Å². The number of sulfonamides is 1. The van der Waals surface area contributed by atoms with Gasteiger partial charge in [-0.1, -0.05) is 23.2 Å². The highest BCUT2D eigenvalue weighted by Crippen LogP contribution is 2.31. The Morgan fingerprint density at radius 2 is 1.95 bits per heavy atom. The highest BCUT2D eigenvalue weighted by Gasteiger charge is 2.23. The van der Waals surface area contributed by atoms with Crippen molar-refractivity contribution in [2.75, 3.05) is 17.1 Å². The number of carbonyl (C=O) groups excluding carboxylic acids is 1. The van der Waals surface area contributed by atoms with Gasteiger partial charge in [0.15, 0.2) is 5.75 Å². The summed E-state index contributed by atoms with van der Waals surface area (Å²) in [6.07, 6.45) is 0. The van der Waals surface area contributed by atoms with Crippen LogP contribution >= 0.6 is 23.2 Å². The standard InChI is InChI=1S/C11H11Cl2NO6S/c1-2-20-9(15)5-21(18,19)14-10-7(11(16)17)3-6(12)4-8(10)13/h3-4,14H,2,5H2,1H3,(H,16,17). The predicted molar refractivity (Wildman–Crippen MR) is 77.5 cm³/mol. The third-order valence-corrected chi connectivity index (χ3v) is 3.80. The SMILES string of the molecule is CCOC(=O)CS(=O)(=O)Nc1c(Cl)cc(Cl)cc1C(=O)O. The predicted octanol–water partition coefficient (Wildman–Crippen LogP) is 2.00. The van der Waals surface area contributed by atoms with Crippen LogP contribution in [-0.2, 0) is 19.6 Å². The maximum absolute atomic E-state index is 11.8. The van der Waals surface area contributed by atoms with Gasteiger partial charge in [-0.15, -0.1) is 0 Å². The molecule has 0 saturated heterocycles. The van der Waals surface area contributed by atoms with Crippen molar-refractivity contribution in [1.29, 1.82) is 0 Å². The van der Waals surface area contributed by atoms with Crippen LogP contribution in [0.15, 0.2) is 12.1 Å². The number of rotatable bonds is 6. The van der Waals surface area contributed by atoms with Gasteiger partial charge in [0.05, 0.1) is 22.9 Å². The summed E-state index contributed by atoms with van der Waals surface area (Å²) in [6, 6.07) is 2.22. The number of aromatic carboxylic acids is 1. The molecular weight excluding hydrogens is 345 g/mol. The number of carbonyl (C=O) groups is 2. The van der Waals surface area contributed by atoms with Crippen molar-refractivity contribution in [2.24, 2.45) is 0 Å². The molecule has 0 aliphatic heterocycles. The first kappa shape index (κ1) is 17.5. The number of benzene rings is 1. The zero-order chi connectivity index (χ0) is 16.2. The van der Waals surface area contributed by atoms with Gasteiger partial charge in [-0.2, -0.15) is 0 Å². The van der Waals surface area contributed by atoms with Gasteiger partial charge >= 0.3 is 11.9 Å². The third-order valence-electron chi connectivity index (χ3n) is 2.16. The molecule has 7 nitrogen and oxygen atoms in total. The maximum atomic E-state index is 11.8. The van der Waals surface area contributed by atoms with E-state index in [1.54, 1.807) is 0 Å². The summed E-state index contributed by atoms with van der Waals surface area (Å²) in [5.41, 5.74) is -0.794. The number of hydrogen-bond donors (Lipinski definition) is 2. The lowest BCUT2D eigenvalue weighted by molar-refractivity contribution is -0.139. The number of carboxylic acids is 1. The van der Waals surface area contributed by atoms with Crippen LogP contribution in [0.2, 0.25) is 10.0 Å². The lowest BCUT2D eigenvalue weighted by Gasteiger charge is -2.12. The van der Waals surface area contributed by atoms with Crippen LogP contribution in [0.4, 0.5) is 5.69 Å². The Balaban J connectivity index is 3.13. The Kier molecular flexibility index (Phi) is 5.82. The van der Waals surface area contributed by atoms with E-state index in [4.69, 9.17) is 28.3 Å². The Labute approximate surface area is 130 Å². The lowest BCUT2D eigenvalue weighted by Crippen LogP contribution is -2.25. The topological polar surface area (TPSA) is 110 Å². The fourth-order valence-corrected chi connectivity index (χ4v) is 2.99. The first-order valence-electron chi connectivity index (χ1n) is 5.54. The molecule has 21 heavy (non-hydrogen) atoms. The summed E-state index contributed by atoms with van der Waals surface area (Å²) >= 11 is 11.5. The van der Waals surface area contributed by atoms with Crippen LogP contribution < -0.4 is 4.72 Å². The summed E-state index contributed by atoms with van der Waals surface area (Å²) < 4.78 is 30.1. The smallest absolute Gasteiger partial charge is 0.337 e. The monoisotopic (exact) mass is 355 g/mol. The van der Waals surface area contributed by atoms with Gasteiger partial charge in [0.2, 0.25) is 10.0 Å². The van der Waals surface area contributed by atoms with Crippen molar-refractivity contribution in [1.82, 2.24) is 0 Å². The van der Waals surface area contributed by atoms with Gasteiger partial charge in [-0.25, -0.2) is 13.2 Å². The summed E-state index contributed by atoms with van der Waals surface area (Å²) in [6.45, 7) is 1.55. The van der Waals surface area contributed by atoms with E-state index in [1.165, 1.54) is 13.0 Å². The number of esters is 1. The lowest BCUT2D eigenvalue weighted by atomic mass is 10.2. The Bertz CT molecular complexity index is 674.